The molecule has 1 heterocycles. The van der Waals surface area contributed by atoms with E-state index in [2.05, 4.69) is 10.6 Å². The number of anilines is 1. The number of alkyl carbamates (subject to hydrolysis) is 1. The van der Waals surface area contributed by atoms with Gasteiger partial charge in [-0.3, -0.25) is 14.4 Å². The molecule has 0 bridgehead atoms. The Kier molecular flexibility index (Phi) is 12.8. The number of aliphatic hydroxyl groups excluding tert-OH is 1. The first-order valence-corrected chi connectivity index (χ1v) is 15.0. The average Bonchev–Trinajstić information content (AvgIpc) is 2.85. The highest BCUT2D eigenvalue weighted by atomic mass is 16.6. The van der Waals surface area contributed by atoms with Gasteiger partial charge in [0.25, 0.3) is 0 Å². The Labute approximate surface area is 250 Å². The van der Waals surface area contributed by atoms with Crippen LogP contribution in [0.1, 0.15) is 93.1 Å². The predicted molar refractivity (Wildman–Crippen MR) is 162 cm³/mol. The van der Waals surface area contributed by atoms with E-state index in [9.17, 15) is 24.3 Å². The zero-order valence-corrected chi connectivity index (χ0v) is 26.6. The summed E-state index contributed by atoms with van der Waals surface area (Å²) in [7, 11) is 0. The van der Waals surface area contributed by atoms with E-state index in [4.69, 9.17) is 9.47 Å². The number of hydrogen-bond acceptors (Lipinski definition) is 7. The minimum atomic E-state index is -1.05. The molecule has 10 nitrogen and oxygen atoms in total. The Morgan fingerprint density at radius 3 is 2.40 bits per heavy atom. The maximum absolute atomic E-state index is 13.7. The largest absolute Gasteiger partial charge is 0.460 e. The number of carbonyl (C=O) groups is 4. The van der Waals surface area contributed by atoms with Gasteiger partial charge in [-0.15, -0.1) is 0 Å². The molecule has 0 aromatic heterocycles. The lowest BCUT2D eigenvalue weighted by Gasteiger charge is -2.37. The van der Waals surface area contributed by atoms with Crippen molar-refractivity contribution in [2.24, 2.45) is 11.3 Å². The highest BCUT2D eigenvalue weighted by Gasteiger charge is 2.37. The molecule has 1 aliphatic rings. The number of amides is 3. The molecule has 1 aliphatic heterocycles. The molecular weight excluding hydrogens is 538 g/mol. The molecule has 42 heavy (non-hydrogen) atoms. The van der Waals surface area contributed by atoms with Crippen LogP contribution in [-0.2, 0) is 30.3 Å². The molecule has 3 N–H and O–H groups in total. The third kappa shape index (κ3) is 11.6. The number of nitrogens with one attached hydrogen (secondary N) is 2. The SMILES string of the molecule is CCCCNC(=O)[C@H](C)C[C@H](O)[C@H](CC(C)(C)CC(=O)N1CC(OC(C)=O)Cc2ccccc21)NC(=O)OC(C)(C)C. The number of para-hydroxylation sites is 1. The molecule has 0 radical (unpaired) electrons. The Balaban J connectivity index is 2.20. The van der Waals surface area contributed by atoms with Crippen molar-refractivity contribution in [2.45, 2.75) is 118 Å². The second kappa shape index (κ2) is 15.4. The summed E-state index contributed by atoms with van der Waals surface area (Å²) in [6.07, 6.45) is 0.679. The van der Waals surface area contributed by atoms with Crippen LogP contribution in [0.5, 0.6) is 0 Å². The number of rotatable bonds is 13. The van der Waals surface area contributed by atoms with Crippen LogP contribution >= 0.6 is 0 Å². The van der Waals surface area contributed by atoms with Gasteiger partial charge in [0.1, 0.15) is 11.7 Å². The van der Waals surface area contributed by atoms with Gasteiger partial charge in [0, 0.05) is 37.9 Å². The fourth-order valence-electron chi connectivity index (χ4n) is 5.22. The van der Waals surface area contributed by atoms with E-state index in [-0.39, 0.29) is 37.6 Å². The summed E-state index contributed by atoms with van der Waals surface area (Å²) < 4.78 is 10.9. The summed E-state index contributed by atoms with van der Waals surface area (Å²) in [6, 6.07) is 6.80. The van der Waals surface area contributed by atoms with Crippen molar-refractivity contribution in [3.05, 3.63) is 29.8 Å². The molecule has 0 spiro atoms. The number of hydrogen-bond donors (Lipinski definition) is 3. The number of nitrogens with zero attached hydrogens (tertiary/aromatic N) is 1. The van der Waals surface area contributed by atoms with Gasteiger partial charge < -0.3 is 30.1 Å². The molecule has 2 rings (SSSR count). The molecule has 0 aliphatic carbocycles. The smallest absolute Gasteiger partial charge is 0.407 e. The zero-order valence-electron chi connectivity index (χ0n) is 26.6. The van der Waals surface area contributed by atoms with Crippen molar-refractivity contribution in [1.29, 1.82) is 0 Å². The van der Waals surface area contributed by atoms with Gasteiger partial charge in [-0.25, -0.2) is 4.79 Å². The fourth-order valence-corrected chi connectivity index (χ4v) is 5.22. The Bertz CT molecular complexity index is 1080. The maximum atomic E-state index is 13.7. The lowest BCUT2D eigenvalue weighted by atomic mass is 9.79. The number of benzene rings is 1. The van der Waals surface area contributed by atoms with E-state index >= 15 is 0 Å². The lowest BCUT2D eigenvalue weighted by Crippen LogP contribution is -2.49. The minimum Gasteiger partial charge on any atom is -0.460 e. The maximum Gasteiger partial charge on any atom is 0.407 e. The van der Waals surface area contributed by atoms with Crippen molar-refractivity contribution >= 4 is 29.6 Å². The van der Waals surface area contributed by atoms with Crippen LogP contribution in [0.4, 0.5) is 10.5 Å². The first kappa shape index (κ1) is 35.1. The summed E-state index contributed by atoms with van der Waals surface area (Å²) in [6.45, 7) is 15.0. The molecule has 0 fully saturated rings. The third-order valence-corrected chi connectivity index (χ3v) is 7.19. The molecule has 3 amide bonds. The van der Waals surface area contributed by atoms with Crippen molar-refractivity contribution in [3.63, 3.8) is 0 Å². The number of unbranched alkanes of at least 4 members (excludes halogenated alkanes) is 1. The Morgan fingerprint density at radius 1 is 1.12 bits per heavy atom. The molecule has 0 saturated carbocycles. The molecule has 4 atom stereocenters. The van der Waals surface area contributed by atoms with Gasteiger partial charge >= 0.3 is 12.1 Å². The number of aliphatic hydroxyl groups is 1. The second-order valence-corrected chi connectivity index (χ2v) is 13.2. The Morgan fingerprint density at radius 2 is 1.79 bits per heavy atom. The topological polar surface area (TPSA) is 134 Å². The first-order valence-electron chi connectivity index (χ1n) is 15.0. The summed E-state index contributed by atoms with van der Waals surface area (Å²) in [4.78, 5) is 52.3. The van der Waals surface area contributed by atoms with Crippen molar-refractivity contribution in [3.8, 4) is 0 Å². The lowest BCUT2D eigenvalue weighted by molar-refractivity contribution is -0.146. The summed E-state index contributed by atoms with van der Waals surface area (Å²) in [5.41, 5.74) is 0.311. The van der Waals surface area contributed by atoms with Crippen LogP contribution in [0.2, 0.25) is 0 Å². The van der Waals surface area contributed by atoms with E-state index in [0.29, 0.717) is 13.0 Å². The van der Waals surface area contributed by atoms with E-state index in [1.165, 1.54) is 6.92 Å². The van der Waals surface area contributed by atoms with Crippen LogP contribution < -0.4 is 15.5 Å². The number of fused-ring (bicyclic) bond motifs is 1. The van der Waals surface area contributed by atoms with Crippen LogP contribution in [0.25, 0.3) is 0 Å². The molecule has 10 heteroatoms. The summed E-state index contributed by atoms with van der Waals surface area (Å²) >= 11 is 0. The standard InChI is InChI=1S/C32H51N3O7/c1-9-10-15-33-29(39)21(2)16-27(37)25(34-30(40)42-31(4,5)6)18-32(7,8)19-28(38)35-20-24(41-22(3)36)17-23-13-11-12-14-26(23)35/h11-14,21,24-25,27,37H,9-10,15-20H2,1-8H3,(H,33,39)(H,34,40)/t21-,24?,25+,27+/m1/s1. The first-order chi connectivity index (χ1) is 19.5. The number of ether oxygens (including phenoxy) is 2. The average molecular weight is 590 g/mol. The van der Waals surface area contributed by atoms with Crippen molar-refractivity contribution < 1.29 is 33.8 Å². The molecule has 1 aromatic rings. The van der Waals surface area contributed by atoms with E-state index in [1.807, 2.05) is 45.0 Å². The number of esters is 1. The third-order valence-electron chi connectivity index (χ3n) is 7.19. The highest BCUT2D eigenvalue weighted by molar-refractivity contribution is 5.95. The van der Waals surface area contributed by atoms with Crippen molar-refractivity contribution in [1.82, 2.24) is 10.6 Å². The molecular formula is C32H51N3O7. The van der Waals surface area contributed by atoms with Crippen LogP contribution in [0.15, 0.2) is 24.3 Å². The molecule has 1 unspecified atom stereocenters. The van der Waals surface area contributed by atoms with Crippen LogP contribution in [0, 0.1) is 11.3 Å². The summed E-state index contributed by atoms with van der Waals surface area (Å²) in [5.74, 6) is -1.18. The van der Waals surface area contributed by atoms with Gasteiger partial charge in [-0.05, 0) is 57.1 Å². The van der Waals surface area contributed by atoms with E-state index in [0.717, 1.165) is 24.1 Å². The molecule has 0 saturated heterocycles. The van der Waals surface area contributed by atoms with Crippen LogP contribution in [0.3, 0.4) is 0 Å². The van der Waals surface area contributed by atoms with Gasteiger partial charge in [-0.2, -0.15) is 0 Å². The van der Waals surface area contributed by atoms with E-state index < -0.39 is 47.2 Å². The monoisotopic (exact) mass is 589 g/mol. The normalized spacial score (nSPS) is 17.4. The van der Waals surface area contributed by atoms with Gasteiger partial charge in [0.2, 0.25) is 11.8 Å². The minimum absolute atomic E-state index is 0.112. The van der Waals surface area contributed by atoms with Crippen molar-refractivity contribution in [2.75, 3.05) is 18.0 Å². The van der Waals surface area contributed by atoms with Crippen LogP contribution in [-0.4, -0.2) is 65.9 Å². The predicted octanol–water partition coefficient (Wildman–Crippen LogP) is 4.51. The quantitative estimate of drug-likeness (QED) is 0.228. The van der Waals surface area contributed by atoms with Gasteiger partial charge in [0.05, 0.1) is 18.7 Å². The van der Waals surface area contributed by atoms with Gasteiger partial charge in [0.15, 0.2) is 0 Å². The van der Waals surface area contributed by atoms with Gasteiger partial charge in [-0.1, -0.05) is 52.3 Å². The molecule has 236 valence electrons. The summed E-state index contributed by atoms with van der Waals surface area (Å²) in [5, 5.41) is 16.9. The van der Waals surface area contributed by atoms with E-state index in [1.54, 1.807) is 32.6 Å². The Hall–Kier alpha value is -3.14. The fraction of sp³-hybridized carbons (Fsp3) is 0.688. The number of carbonyl (C=O) groups excluding carboxylic acids is 4. The zero-order chi connectivity index (χ0) is 31.7. The molecule has 1 aromatic carbocycles. The second-order valence-electron chi connectivity index (χ2n) is 13.2. The highest BCUT2D eigenvalue weighted by Crippen LogP contribution is 2.34.